The molecule has 4 heteroatoms. The van der Waals surface area contributed by atoms with Crippen LogP contribution in [-0.4, -0.2) is 16.3 Å². The average molecular weight is 207 g/mol. The van der Waals surface area contributed by atoms with Crippen molar-refractivity contribution >= 4 is 28.8 Å². The SMILES string of the molecule is Cc1nc2c(Cl)nccc2cc1C=O. The summed E-state index contributed by atoms with van der Waals surface area (Å²) in [6.07, 6.45) is 2.38. The molecule has 0 unspecified atom stereocenters. The van der Waals surface area contributed by atoms with Crippen LogP contribution in [0.25, 0.3) is 10.9 Å². The van der Waals surface area contributed by atoms with Crippen LogP contribution in [0.4, 0.5) is 0 Å². The molecule has 0 amide bonds. The van der Waals surface area contributed by atoms with Crippen molar-refractivity contribution in [2.24, 2.45) is 0 Å². The fourth-order valence-corrected chi connectivity index (χ4v) is 1.50. The van der Waals surface area contributed by atoms with E-state index >= 15 is 0 Å². The van der Waals surface area contributed by atoms with E-state index in [1.165, 1.54) is 0 Å². The van der Waals surface area contributed by atoms with Gasteiger partial charge in [-0.05, 0) is 19.1 Å². The van der Waals surface area contributed by atoms with Crippen molar-refractivity contribution < 1.29 is 4.79 Å². The number of pyridine rings is 2. The number of carbonyl (C=O) groups is 1. The van der Waals surface area contributed by atoms with Gasteiger partial charge in [0, 0.05) is 22.8 Å². The largest absolute Gasteiger partial charge is 0.298 e. The van der Waals surface area contributed by atoms with Gasteiger partial charge in [-0.1, -0.05) is 11.6 Å². The van der Waals surface area contributed by atoms with Gasteiger partial charge in [0.05, 0.1) is 0 Å². The lowest BCUT2D eigenvalue weighted by Gasteiger charge is -2.02. The Kier molecular flexibility index (Phi) is 2.17. The van der Waals surface area contributed by atoms with Crippen molar-refractivity contribution in [3.63, 3.8) is 0 Å². The lowest BCUT2D eigenvalue weighted by Crippen LogP contribution is -1.93. The van der Waals surface area contributed by atoms with Crippen LogP contribution in [0.1, 0.15) is 16.1 Å². The molecule has 0 aliphatic carbocycles. The highest BCUT2D eigenvalue weighted by Crippen LogP contribution is 2.20. The van der Waals surface area contributed by atoms with Crippen LogP contribution >= 0.6 is 11.6 Å². The third-order valence-electron chi connectivity index (χ3n) is 2.05. The summed E-state index contributed by atoms with van der Waals surface area (Å²) >= 11 is 5.86. The number of nitrogens with zero attached hydrogens (tertiary/aromatic N) is 2. The third kappa shape index (κ3) is 1.36. The van der Waals surface area contributed by atoms with E-state index in [1.807, 2.05) is 0 Å². The minimum Gasteiger partial charge on any atom is -0.298 e. The molecule has 3 nitrogen and oxygen atoms in total. The first kappa shape index (κ1) is 9.09. The maximum atomic E-state index is 10.7. The van der Waals surface area contributed by atoms with Crippen LogP contribution in [0.2, 0.25) is 5.15 Å². The fourth-order valence-electron chi connectivity index (χ4n) is 1.29. The van der Waals surface area contributed by atoms with Gasteiger partial charge >= 0.3 is 0 Å². The smallest absolute Gasteiger partial charge is 0.155 e. The van der Waals surface area contributed by atoms with Crippen molar-refractivity contribution in [1.82, 2.24) is 9.97 Å². The zero-order valence-electron chi connectivity index (χ0n) is 7.49. The van der Waals surface area contributed by atoms with Crippen molar-refractivity contribution in [2.45, 2.75) is 6.92 Å². The first-order chi connectivity index (χ1) is 6.72. The molecule has 0 saturated carbocycles. The molecule has 70 valence electrons. The highest BCUT2D eigenvalue weighted by Gasteiger charge is 2.05. The molecule has 0 aromatic carbocycles. The Labute approximate surface area is 85.7 Å². The van der Waals surface area contributed by atoms with Gasteiger partial charge in [-0.3, -0.25) is 4.79 Å². The topological polar surface area (TPSA) is 42.9 Å². The molecule has 2 aromatic heterocycles. The van der Waals surface area contributed by atoms with Crippen LogP contribution in [0.15, 0.2) is 18.3 Å². The number of rotatable bonds is 1. The molecular weight excluding hydrogens is 200 g/mol. The summed E-state index contributed by atoms with van der Waals surface area (Å²) in [6, 6.07) is 3.54. The number of aromatic nitrogens is 2. The molecule has 0 aliphatic rings. The van der Waals surface area contributed by atoms with Gasteiger partial charge in [-0.2, -0.15) is 0 Å². The number of carbonyl (C=O) groups excluding carboxylic acids is 1. The van der Waals surface area contributed by atoms with E-state index in [0.29, 0.717) is 21.9 Å². The Morgan fingerprint density at radius 1 is 1.50 bits per heavy atom. The molecule has 0 radical (unpaired) electrons. The van der Waals surface area contributed by atoms with Gasteiger partial charge in [-0.25, -0.2) is 9.97 Å². The number of aryl methyl sites for hydroxylation is 1. The Morgan fingerprint density at radius 2 is 2.29 bits per heavy atom. The van der Waals surface area contributed by atoms with Crippen LogP contribution < -0.4 is 0 Å². The average Bonchev–Trinajstić information content (AvgIpc) is 2.19. The molecule has 0 bridgehead atoms. The van der Waals surface area contributed by atoms with E-state index in [1.54, 1.807) is 25.3 Å². The zero-order chi connectivity index (χ0) is 10.1. The normalized spacial score (nSPS) is 10.4. The van der Waals surface area contributed by atoms with Crippen LogP contribution in [0, 0.1) is 6.92 Å². The predicted molar refractivity (Wildman–Crippen MR) is 54.7 cm³/mol. The van der Waals surface area contributed by atoms with Crippen LogP contribution in [-0.2, 0) is 0 Å². The molecule has 2 aromatic rings. The molecule has 2 heterocycles. The second kappa shape index (κ2) is 3.35. The molecule has 0 aliphatic heterocycles. The van der Waals surface area contributed by atoms with Crippen molar-refractivity contribution in [3.05, 3.63) is 34.7 Å². The van der Waals surface area contributed by atoms with Crippen LogP contribution in [0.3, 0.4) is 0 Å². The quantitative estimate of drug-likeness (QED) is 0.532. The molecule has 14 heavy (non-hydrogen) atoms. The minimum absolute atomic E-state index is 0.364. The number of aldehydes is 1. The molecule has 0 atom stereocenters. The van der Waals surface area contributed by atoms with Crippen molar-refractivity contribution in [1.29, 1.82) is 0 Å². The Hall–Kier alpha value is -1.48. The summed E-state index contributed by atoms with van der Waals surface area (Å²) in [5.74, 6) is 0. The molecule has 0 N–H and O–H groups in total. The second-order valence-electron chi connectivity index (χ2n) is 2.95. The number of hydrogen-bond acceptors (Lipinski definition) is 3. The highest BCUT2D eigenvalue weighted by molar-refractivity contribution is 6.33. The fraction of sp³-hybridized carbons (Fsp3) is 0.100. The van der Waals surface area contributed by atoms with Crippen molar-refractivity contribution in [2.75, 3.05) is 0 Å². The number of halogens is 1. The second-order valence-corrected chi connectivity index (χ2v) is 3.31. The van der Waals surface area contributed by atoms with Crippen molar-refractivity contribution in [3.8, 4) is 0 Å². The highest BCUT2D eigenvalue weighted by atomic mass is 35.5. The maximum absolute atomic E-state index is 10.7. The van der Waals surface area contributed by atoms with E-state index < -0.39 is 0 Å². The van der Waals surface area contributed by atoms with E-state index in [9.17, 15) is 4.79 Å². The summed E-state index contributed by atoms with van der Waals surface area (Å²) in [4.78, 5) is 18.8. The first-order valence-electron chi connectivity index (χ1n) is 4.09. The number of fused-ring (bicyclic) bond motifs is 1. The minimum atomic E-state index is 0.364. The van der Waals surface area contributed by atoms with Gasteiger partial charge in [-0.15, -0.1) is 0 Å². The molecular formula is C10H7ClN2O. The van der Waals surface area contributed by atoms with E-state index in [-0.39, 0.29) is 0 Å². The summed E-state index contributed by atoms with van der Waals surface area (Å²) in [5.41, 5.74) is 1.89. The van der Waals surface area contributed by atoms with E-state index in [0.717, 1.165) is 11.7 Å². The zero-order valence-corrected chi connectivity index (χ0v) is 8.25. The van der Waals surface area contributed by atoms with E-state index in [2.05, 4.69) is 9.97 Å². The monoisotopic (exact) mass is 206 g/mol. The third-order valence-corrected chi connectivity index (χ3v) is 2.32. The lowest BCUT2D eigenvalue weighted by molar-refractivity contribution is 0.112. The maximum Gasteiger partial charge on any atom is 0.155 e. The predicted octanol–water partition coefficient (Wildman–Crippen LogP) is 2.40. The summed E-state index contributed by atoms with van der Waals surface area (Å²) in [7, 11) is 0. The van der Waals surface area contributed by atoms with Gasteiger partial charge in [0.1, 0.15) is 5.52 Å². The summed E-state index contributed by atoms with van der Waals surface area (Å²) < 4.78 is 0. The Morgan fingerprint density at radius 3 is 3.00 bits per heavy atom. The van der Waals surface area contributed by atoms with Gasteiger partial charge in [0.2, 0.25) is 0 Å². The van der Waals surface area contributed by atoms with Gasteiger partial charge in [0.25, 0.3) is 0 Å². The van der Waals surface area contributed by atoms with E-state index in [4.69, 9.17) is 11.6 Å². The standard InChI is InChI=1S/C10H7ClN2O/c1-6-8(5-14)4-7-2-3-12-10(11)9(7)13-6/h2-5H,1H3. The first-order valence-corrected chi connectivity index (χ1v) is 4.47. The summed E-state index contributed by atoms with van der Waals surface area (Å²) in [6.45, 7) is 1.77. The molecule has 0 spiro atoms. The van der Waals surface area contributed by atoms with Gasteiger partial charge in [0.15, 0.2) is 11.4 Å². The molecule has 2 rings (SSSR count). The Balaban J connectivity index is 2.85. The van der Waals surface area contributed by atoms with Gasteiger partial charge < -0.3 is 0 Å². The Bertz CT molecular complexity index is 511. The lowest BCUT2D eigenvalue weighted by atomic mass is 10.1. The molecule has 0 saturated heterocycles. The number of hydrogen-bond donors (Lipinski definition) is 0. The van der Waals surface area contributed by atoms with Crippen LogP contribution in [0.5, 0.6) is 0 Å². The molecule has 0 fully saturated rings. The summed E-state index contributed by atoms with van der Waals surface area (Å²) in [5, 5.41) is 1.20.